The topological polar surface area (TPSA) is 29.5 Å². The molecular weight excluding hydrogens is 719 g/mol. The van der Waals surface area contributed by atoms with Gasteiger partial charge in [-0.3, -0.25) is 0 Å². The number of hydrogen-bond acceptors (Lipinski definition) is 3. The van der Waals surface area contributed by atoms with Crippen molar-refractivity contribution in [1.29, 1.82) is 0 Å². The van der Waals surface area contributed by atoms with Gasteiger partial charge >= 0.3 is 0 Å². The summed E-state index contributed by atoms with van der Waals surface area (Å²) < 4.78 is 51.2. The summed E-state index contributed by atoms with van der Waals surface area (Å²) in [7, 11) is 0. The third kappa shape index (κ3) is 5.51. The van der Waals surface area contributed by atoms with E-state index in [0.717, 1.165) is 65.7 Å². The van der Waals surface area contributed by atoms with Crippen molar-refractivity contribution in [3.63, 3.8) is 0 Å². The molecule has 0 fully saturated rings. The Hall–Kier alpha value is -7.88. The Labute approximate surface area is 346 Å². The summed E-state index contributed by atoms with van der Waals surface area (Å²) in [5, 5.41) is 7.88. The molecule has 0 aliphatic rings. The molecule has 2 aromatic heterocycles. The molecule has 2 heterocycles. The van der Waals surface area contributed by atoms with Crippen molar-refractivity contribution >= 4 is 82.5 Å². The first kappa shape index (κ1) is 29.4. The monoisotopic (exact) mass is 757 g/mol. The predicted molar refractivity (Wildman–Crippen MR) is 247 cm³/mol. The van der Waals surface area contributed by atoms with Crippen LogP contribution in [0.25, 0.3) is 98.8 Å². The second kappa shape index (κ2) is 13.4. The zero-order valence-corrected chi connectivity index (χ0v) is 31.7. The smallest absolute Gasteiger partial charge is 0.143 e. The van der Waals surface area contributed by atoms with Gasteiger partial charge in [-0.2, -0.15) is 0 Å². The lowest BCUT2D eigenvalue weighted by Crippen LogP contribution is -2.10. The van der Waals surface area contributed by atoms with Gasteiger partial charge < -0.3 is 13.7 Å². The van der Waals surface area contributed by atoms with Crippen LogP contribution in [0.3, 0.4) is 0 Å². The molecule has 59 heavy (non-hydrogen) atoms. The Morgan fingerprint density at radius 1 is 0.356 bits per heavy atom. The van der Waals surface area contributed by atoms with Crippen molar-refractivity contribution in [3.8, 4) is 33.4 Å². The number of fused-ring (bicyclic) bond motifs is 9. The number of hydrogen-bond donors (Lipinski definition) is 0. The molecule has 0 aliphatic heterocycles. The van der Waals surface area contributed by atoms with Gasteiger partial charge in [0.05, 0.1) is 16.6 Å². The van der Waals surface area contributed by atoms with E-state index in [1.807, 2.05) is 89.8 Å². The predicted octanol–water partition coefficient (Wildman–Crippen LogP) is 16.3. The van der Waals surface area contributed by atoms with E-state index in [1.54, 1.807) is 0 Å². The van der Waals surface area contributed by atoms with E-state index >= 15 is 0 Å². The van der Waals surface area contributed by atoms with Crippen LogP contribution < -0.4 is 4.90 Å². The fraction of sp³-hybridized carbons (Fsp3) is 0. The fourth-order valence-electron chi connectivity index (χ4n) is 8.70. The van der Waals surface area contributed by atoms with E-state index in [9.17, 15) is 5.48 Å². The molecule has 3 nitrogen and oxygen atoms in total. The molecule has 0 amide bonds. The molecule has 0 saturated heterocycles. The lowest BCUT2D eigenvalue weighted by Gasteiger charge is -2.26. The highest BCUT2D eigenvalue weighted by molar-refractivity contribution is 6.19. The normalized spacial score (nSPS) is 12.7. The molecule has 0 N–H and O–H groups in total. The van der Waals surface area contributed by atoms with Gasteiger partial charge in [0.25, 0.3) is 0 Å². The first-order valence-corrected chi connectivity index (χ1v) is 19.7. The maximum atomic E-state index is 9.72. The third-order valence-corrected chi connectivity index (χ3v) is 11.5. The van der Waals surface area contributed by atoms with Gasteiger partial charge in [-0.05, 0) is 116 Å². The average molecular weight is 758 g/mol. The van der Waals surface area contributed by atoms with Gasteiger partial charge in [-0.25, -0.2) is 0 Å². The van der Waals surface area contributed by atoms with Crippen LogP contribution in [0.2, 0.25) is 0 Å². The molecule has 276 valence electrons. The second-order valence-electron chi connectivity index (χ2n) is 14.9. The molecule has 0 spiro atoms. The van der Waals surface area contributed by atoms with Gasteiger partial charge in [0.1, 0.15) is 22.3 Å². The Balaban J connectivity index is 1.05. The van der Waals surface area contributed by atoms with Gasteiger partial charge in [0, 0.05) is 32.9 Å². The van der Waals surface area contributed by atoms with E-state index in [1.165, 1.54) is 10.8 Å². The molecule has 0 bridgehead atoms. The van der Waals surface area contributed by atoms with E-state index in [-0.39, 0.29) is 35.4 Å². The zero-order chi connectivity index (χ0) is 42.3. The molecule has 0 aliphatic carbocycles. The second-order valence-corrected chi connectivity index (χ2v) is 14.9. The van der Waals surface area contributed by atoms with Crippen molar-refractivity contribution in [2.45, 2.75) is 0 Å². The number of furan rings is 2. The van der Waals surface area contributed by atoms with Crippen molar-refractivity contribution < 1.29 is 14.3 Å². The summed E-state index contributed by atoms with van der Waals surface area (Å²) in [5.41, 5.74) is 9.43. The van der Waals surface area contributed by atoms with Crippen LogP contribution in [0.1, 0.15) is 5.48 Å². The molecule has 0 atom stereocenters. The summed E-state index contributed by atoms with van der Waals surface area (Å²) in [4.78, 5) is 1.86. The maximum Gasteiger partial charge on any atom is 0.143 e. The largest absolute Gasteiger partial charge is 0.456 e. The molecule has 0 unspecified atom stereocenters. The lowest BCUT2D eigenvalue weighted by molar-refractivity contribution is 0.669. The number of para-hydroxylation sites is 1. The molecule has 12 aromatic rings. The molecular formula is C56H35NO2. The van der Waals surface area contributed by atoms with Crippen LogP contribution in [0.5, 0.6) is 0 Å². The minimum atomic E-state index is -0.162. The van der Waals surface area contributed by atoms with Crippen LogP contribution in [0.15, 0.2) is 221 Å². The van der Waals surface area contributed by atoms with E-state index < -0.39 is 0 Å². The number of anilines is 3. The summed E-state index contributed by atoms with van der Waals surface area (Å²) in [6.07, 6.45) is 0. The summed E-state index contributed by atoms with van der Waals surface area (Å²) in [6, 6.07) is 62.3. The molecule has 0 radical (unpaired) electrons. The van der Waals surface area contributed by atoms with Crippen LogP contribution in [-0.2, 0) is 0 Å². The molecule has 3 heteroatoms. The molecule has 10 aromatic carbocycles. The third-order valence-electron chi connectivity index (χ3n) is 11.5. The number of rotatable bonds is 6. The SMILES string of the molecule is [2H]c1c([2H])c(N(c2ccc(-c3cccc(-c4cccc5ccccc45)c3)cc2)c2cccc3oc4c5ccccc5ccc4c23)c([2H])c([2H])c1-c1ccc2oc3ccccc3c2c1. The Morgan fingerprint density at radius 2 is 1.00 bits per heavy atom. The Morgan fingerprint density at radius 3 is 1.86 bits per heavy atom. The average Bonchev–Trinajstić information content (AvgIpc) is 3.91. The van der Waals surface area contributed by atoms with Crippen LogP contribution >= 0.6 is 0 Å². The minimum Gasteiger partial charge on any atom is -0.456 e. The van der Waals surface area contributed by atoms with Gasteiger partial charge in [0.2, 0.25) is 0 Å². The van der Waals surface area contributed by atoms with Crippen molar-refractivity contribution in [3.05, 3.63) is 212 Å². The summed E-state index contributed by atoms with van der Waals surface area (Å²) in [5.74, 6) is 0. The highest BCUT2D eigenvalue weighted by Crippen LogP contribution is 2.45. The van der Waals surface area contributed by atoms with Crippen molar-refractivity contribution in [2.75, 3.05) is 4.90 Å². The molecule has 0 saturated carbocycles. The first-order chi connectivity index (χ1) is 30.9. The zero-order valence-electron chi connectivity index (χ0n) is 35.7. The lowest BCUT2D eigenvalue weighted by atomic mass is 9.95. The van der Waals surface area contributed by atoms with Crippen LogP contribution in [-0.4, -0.2) is 0 Å². The van der Waals surface area contributed by atoms with E-state index in [0.29, 0.717) is 28.1 Å². The Kier molecular flexibility index (Phi) is 6.65. The summed E-state index contributed by atoms with van der Waals surface area (Å²) >= 11 is 0. The summed E-state index contributed by atoms with van der Waals surface area (Å²) in [6.45, 7) is 0. The Bertz CT molecular complexity index is 3780. The van der Waals surface area contributed by atoms with Gasteiger partial charge in [-0.1, -0.05) is 146 Å². The maximum absolute atomic E-state index is 9.72. The standard InChI is InChI=1S/C56H35NO2/c1-3-15-45-38(10-1)12-8-18-46(45)42-14-7-13-40(34-42)36-22-28-43(29-23-36)57(51-19-9-21-54-55(51)49-32-26-39-11-2-4-16-47(39)56(49)59-54)44-30-24-37(25-31-44)41-27-33-53-50(35-41)48-17-5-6-20-52(48)58-53/h1-35H/i24D,25D,30D,31D. The van der Waals surface area contributed by atoms with Crippen LogP contribution in [0, 0.1) is 0 Å². The van der Waals surface area contributed by atoms with Crippen molar-refractivity contribution in [2.24, 2.45) is 0 Å². The van der Waals surface area contributed by atoms with Crippen LogP contribution in [0.4, 0.5) is 17.1 Å². The quantitative estimate of drug-likeness (QED) is 0.169. The van der Waals surface area contributed by atoms with E-state index in [4.69, 9.17) is 8.83 Å². The number of benzene rings is 10. The highest BCUT2D eigenvalue weighted by atomic mass is 16.3. The van der Waals surface area contributed by atoms with Gasteiger partial charge in [-0.15, -0.1) is 0 Å². The van der Waals surface area contributed by atoms with Gasteiger partial charge in [0.15, 0.2) is 0 Å². The molecule has 12 rings (SSSR count). The van der Waals surface area contributed by atoms with Crippen molar-refractivity contribution in [1.82, 2.24) is 0 Å². The fourth-order valence-corrected chi connectivity index (χ4v) is 8.70. The highest BCUT2D eigenvalue weighted by Gasteiger charge is 2.21. The number of nitrogens with zero attached hydrogens (tertiary/aromatic N) is 1. The minimum absolute atomic E-state index is 0.136. The first-order valence-electron chi connectivity index (χ1n) is 21.7. The van der Waals surface area contributed by atoms with E-state index in [2.05, 4.69) is 103 Å².